The quantitative estimate of drug-likeness (QED) is 0.205. The van der Waals surface area contributed by atoms with Gasteiger partial charge in [0.15, 0.2) is 0 Å². The van der Waals surface area contributed by atoms with Crippen molar-refractivity contribution in [3.63, 3.8) is 0 Å². The minimum atomic E-state index is 0.419. The first-order valence-corrected chi connectivity index (χ1v) is 15.7. The summed E-state index contributed by atoms with van der Waals surface area (Å²) in [7, 11) is 0. The molecule has 0 aliphatic rings. The van der Waals surface area contributed by atoms with Gasteiger partial charge in [0.25, 0.3) is 0 Å². The molecule has 0 bridgehead atoms. The lowest BCUT2D eigenvalue weighted by Crippen LogP contribution is -1.95. The second-order valence-corrected chi connectivity index (χ2v) is 12.8. The van der Waals surface area contributed by atoms with Crippen LogP contribution in [0.5, 0.6) is 0 Å². The Balaban J connectivity index is 1.51. The number of rotatable bonds is 3. The molecule has 0 N–H and O–H groups in total. The molecular formula is C39H19N3S2. The Morgan fingerprint density at radius 2 is 0.909 bits per heavy atom. The highest BCUT2D eigenvalue weighted by Crippen LogP contribution is 2.47. The lowest BCUT2D eigenvalue weighted by molar-refractivity contribution is 1.44. The molecule has 6 aromatic carbocycles. The van der Waals surface area contributed by atoms with Crippen LogP contribution in [0, 0.1) is 34.0 Å². The van der Waals surface area contributed by atoms with Crippen LogP contribution in [0.25, 0.3) is 73.7 Å². The van der Waals surface area contributed by atoms with E-state index < -0.39 is 0 Å². The highest BCUT2D eigenvalue weighted by molar-refractivity contribution is 7.26. The molecule has 0 spiro atoms. The summed E-state index contributed by atoms with van der Waals surface area (Å²) in [5, 5.41) is 35.0. The van der Waals surface area contributed by atoms with Gasteiger partial charge in [-0.3, -0.25) is 0 Å². The molecule has 3 nitrogen and oxygen atoms in total. The average molecular weight is 594 g/mol. The molecule has 2 aromatic heterocycles. The molecule has 44 heavy (non-hydrogen) atoms. The zero-order chi connectivity index (χ0) is 29.8. The van der Waals surface area contributed by atoms with Crippen molar-refractivity contribution >= 4 is 63.0 Å². The van der Waals surface area contributed by atoms with Crippen LogP contribution < -0.4 is 0 Å². The molecule has 0 aliphatic carbocycles. The number of thiophene rings is 2. The van der Waals surface area contributed by atoms with Gasteiger partial charge in [-0.05, 0) is 70.8 Å². The van der Waals surface area contributed by atoms with E-state index in [0.717, 1.165) is 64.3 Å². The maximum absolute atomic E-state index is 10.6. The predicted octanol–water partition coefficient (Wildman–Crippen LogP) is 11.0. The van der Waals surface area contributed by atoms with E-state index in [4.69, 9.17) is 0 Å². The monoisotopic (exact) mass is 593 g/mol. The van der Waals surface area contributed by atoms with Crippen molar-refractivity contribution in [1.29, 1.82) is 15.8 Å². The van der Waals surface area contributed by atoms with Crippen LogP contribution in [-0.2, 0) is 0 Å². The first-order valence-electron chi connectivity index (χ1n) is 14.0. The predicted molar refractivity (Wildman–Crippen MR) is 183 cm³/mol. The van der Waals surface area contributed by atoms with Gasteiger partial charge in [0.1, 0.15) is 0 Å². The van der Waals surface area contributed by atoms with E-state index in [9.17, 15) is 15.8 Å². The SMILES string of the molecule is N#Cc1ccc(-c2cc(-c3cccc4sc5ccccc5c34)c(C#N)cc2-c2cccc3sc4ccccc4c23)c(C#N)c1. The summed E-state index contributed by atoms with van der Waals surface area (Å²) in [4.78, 5) is 0. The van der Waals surface area contributed by atoms with E-state index in [1.54, 1.807) is 34.8 Å². The summed E-state index contributed by atoms with van der Waals surface area (Å²) in [5.41, 5.74) is 6.67. The second kappa shape index (κ2) is 10.2. The molecule has 0 saturated carbocycles. The summed E-state index contributed by atoms with van der Waals surface area (Å²) in [5.74, 6) is 0. The third-order valence-electron chi connectivity index (χ3n) is 8.22. The standard InChI is InChI=1S/C39H19N3S2/c40-20-23-15-16-26(24(17-23)21-41)33-19-31(27-9-5-13-36-38(27)29-7-1-3-11-34(29)43-36)25(22-42)18-32(33)28-10-6-14-37-39(28)30-8-2-4-12-35(30)44-37/h1-19H. The van der Waals surface area contributed by atoms with Crippen molar-refractivity contribution in [1.82, 2.24) is 0 Å². The van der Waals surface area contributed by atoms with E-state index in [2.05, 4.69) is 91.0 Å². The second-order valence-electron chi connectivity index (χ2n) is 10.6. The van der Waals surface area contributed by atoms with Gasteiger partial charge in [0.2, 0.25) is 0 Å². The third kappa shape index (κ3) is 3.91. The van der Waals surface area contributed by atoms with Crippen LogP contribution >= 0.6 is 22.7 Å². The molecule has 0 fully saturated rings. The number of nitriles is 3. The zero-order valence-corrected chi connectivity index (χ0v) is 24.8. The van der Waals surface area contributed by atoms with Gasteiger partial charge in [0, 0.05) is 51.5 Å². The minimum absolute atomic E-state index is 0.419. The van der Waals surface area contributed by atoms with Gasteiger partial charge in [-0.25, -0.2) is 0 Å². The molecule has 2 heterocycles. The Morgan fingerprint density at radius 1 is 0.386 bits per heavy atom. The summed E-state index contributed by atoms with van der Waals surface area (Å²) in [6, 6.07) is 45.6. The number of fused-ring (bicyclic) bond motifs is 6. The molecule has 8 aromatic rings. The van der Waals surface area contributed by atoms with Crippen molar-refractivity contribution < 1.29 is 0 Å². The lowest BCUT2D eigenvalue weighted by atomic mass is 9.84. The average Bonchev–Trinajstić information content (AvgIpc) is 3.66. The first-order chi connectivity index (χ1) is 21.7. The molecule has 0 unspecified atom stereocenters. The zero-order valence-electron chi connectivity index (χ0n) is 23.1. The largest absolute Gasteiger partial charge is 0.192 e. The van der Waals surface area contributed by atoms with E-state index in [0.29, 0.717) is 16.7 Å². The number of hydrogen-bond acceptors (Lipinski definition) is 5. The molecule has 202 valence electrons. The molecule has 0 amide bonds. The van der Waals surface area contributed by atoms with Gasteiger partial charge in [-0.15, -0.1) is 22.7 Å². The van der Waals surface area contributed by atoms with Crippen LogP contribution in [-0.4, -0.2) is 0 Å². The van der Waals surface area contributed by atoms with Gasteiger partial charge >= 0.3 is 0 Å². The fraction of sp³-hybridized carbons (Fsp3) is 0. The van der Waals surface area contributed by atoms with E-state index in [-0.39, 0.29) is 0 Å². The van der Waals surface area contributed by atoms with E-state index in [1.807, 2.05) is 30.3 Å². The van der Waals surface area contributed by atoms with Crippen LogP contribution in [0.1, 0.15) is 16.7 Å². The van der Waals surface area contributed by atoms with Crippen LogP contribution in [0.15, 0.2) is 115 Å². The molecular weight excluding hydrogens is 575 g/mol. The molecule has 0 radical (unpaired) electrons. The van der Waals surface area contributed by atoms with Gasteiger partial charge in [0.05, 0.1) is 34.9 Å². The Bertz CT molecular complexity index is 2600. The molecule has 0 atom stereocenters. The third-order valence-corrected chi connectivity index (χ3v) is 10.5. The van der Waals surface area contributed by atoms with Crippen molar-refractivity contribution in [2.45, 2.75) is 0 Å². The Hall–Kier alpha value is -5.77. The molecule has 5 heteroatoms. The van der Waals surface area contributed by atoms with Crippen LogP contribution in [0.2, 0.25) is 0 Å². The normalized spacial score (nSPS) is 11.1. The molecule has 0 saturated heterocycles. The first kappa shape index (κ1) is 25.9. The van der Waals surface area contributed by atoms with Crippen molar-refractivity contribution in [3.8, 4) is 51.6 Å². The van der Waals surface area contributed by atoms with Gasteiger partial charge < -0.3 is 0 Å². The van der Waals surface area contributed by atoms with E-state index >= 15 is 0 Å². The fourth-order valence-electron chi connectivity index (χ4n) is 6.30. The summed E-state index contributed by atoms with van der Waals surface area (Å²) < 4.78 is 4.71. The smallest absolute Gasteiger partial charge is 0.0998 e. The topological polar surface area (TPSA) is 71.4 Å². The highest BCUT2D eigenvalue weighted by Gasteiger charge is 2.21. The number of nitrogens with zero attached hydrogens (tertiary/aromatic N) is 3. The van der Waals surface area contributed by atoms with Gasteiger partial charge in [-0.2, -0.15) is 15.8 Å². The maximum Gasteiger partial charge on any atom is 0.0998 e. The van der Waals surface area contributed by atoms with Crippen molar-refractivity contribution in [2.24, 2.45) is 0 Å². The van der Waals surface area contributed by atoms with E-state index in [1.165, 1.54) is 9.40 Å². The summed E-state index contributed by atoms with van der Waals surface area (Å²) in [6.45, 7) is 0. The molecule has 0 aliphatic heterocycles. The maximum atomic E-state index is 10.6. The minimum Gasteiger partial charge on any atom is -0.192 e. The lowest BCUT2D eigenvalue weighted by Gasteiger charge is -2.17. The number of benzene rings is 6. The Morgan fingerprint density at radius 3 is 1.50 bits per heavy atom. The Kier molecular flexibility index (Phi) is 6.00. The van der Waals surface area contributed by atoms with Crippen molar-refractivity contribution in [3.05, 3.63) is 132 Å². The summed E-state index contributed by atoms with van der Waals surface area (Å²) >= 11 is 3.49. The fourth-order valence-corrected chi connectivity index (χ4v) is 8.56. The summed E-state index contributed by atoms with van der Waals surface area (Å²) in [6.07, 6.45) is 0. The van der Waals surface area contributed by atoms with Crippen LogP contribution in [0.3, 0.4) is 0 Å². The van der Waals surface area contributed by atoms with Crippen LogP contribution in [0.4, 0.5) is 0 Å². The van der Waals surface area contributed by atoms with Gasteiger partial charge in [-0.1, -0.05) is 66.7 Å². The highest BCUT2D eigenvalue weighted by atomic mass is 32.1. The van der Waals surface area contributed by atoms with Crippen molar-refractivity contribution in [2.75, 3.05) is 0 Å². The number of hydrogen-bond donors (Lipinski definition) is 0. The Labute approximate surface area is 261 Å². The molecule has 8 rings (SSSR count).